The van der Waals surface area contributed by atoms with Crippen LogP contribution in [0.5, 0.6) is 5.75 Å². The lowest BCUT2D eigenvalue weighted by Crippen LogP contribution is -2.23. The molecule has 0 aliphatic carbocycles. The van der Waals surface area contributed by atoms with Crippen LogP contribution in [0.15, 0.2) is 42.5 Å². The van der Waals surface area contributed by atoms with Crippen LogP contribution in [0.1, 0.15) is 29.8 Å². The third kappa shape index (κ3) is 4.65. The molecular weight excluding hydrogens is 321 g/mol. The van der Waals surface area contributed by atoms with E-state index in [-0.39, 0.29) is 12.0 Å². The van der Waals surface area contributed by atoms with Crippen molar-refractivity contribution in [2.24, 2.45) is 0 Å². The summed E-state index contributed by atoms with van der Waals surface area (Å²) in [5.74, 6) is 0.579. The Labute approximate surface area is 140 Å². The molecule has 0 unspecified atom stereocenters. The largest absolute Gasteiger partial charge is 0.491 e. The molecule has 22 heavy (non-hydrogen) atoms. The molecule has 1 amide bonds. The number of hydrogen-bond acceptors (Lipinski definition) is 2. The predicted molar refractivity (Wildman–Crippen MR) is 89.8 cm³/mol. The minimum atomic E-state index is -0.232. The predicted octanol–water partition coefficient (Wildman–Crippen LogP) is 4.71. The van der Waals surface area contributed by atoms with Crippen LogP contribution < -0.4 is 10.1 Å². The van der Waals surface area contributed by atoms with E-state index in [1.165, 1.54) is 0 Å². The second-order valence-electron chi connectivity index (χ2n) is 5.12. The number of amides is 1. The highest BCUT2D eigenvalue weighted by atomic mass is 35.5. The minimum absolute atomic E-state index is 0.137. The standard InChI is InChI=1S/C17H17Cl2NO2/c1-11(2)22-14-6-3-12(4-7-14)10-20-17(21)15-8-5-13(18)9-16(15)19/h3-9,11H,10H2,1-2H3,(H,20,21). The van der Waals surface area contributed by atoms with Crippen molar-refractivity contribution in [2.45, 2.75) is 26.5 Å². The second kappa shape index (κ2) is 7.52. The van der Waals surface area contributed by atoms with Gasteiger partial charge in [-0.3, -0.25) is 4.79 Å². The topological polar surface area (TPSA) is 38.3 Å². The SMILES string of the molecule is CC(C)Oc1ccc(CNC(=O)c2ccc(Cl)cc2Cl)cc1. The molecule has 0 aliphatic heterocycles. The highest BCUT2D eigenvalue weighted by molar-refractivity contribution is 6.36. The summed E-state index contributed by atoms with van der Waals surface area (Å²) in [6.07, 6.45) is 0.137. The highest BCUT2D eigenvalue weighted by Crippen LogP contribution is 2.21. The fraction of sp³-hybridized carbons (Fsp3) is 0.235. The summed E-state index contributed by atoms with van der Waals surface area (Å²) in [5, 5.41) is 3.67. The number of rotatable bonds is 5. The van der Waals surface area contributed by atoms with Crippen molar-refractivity contribution in [3.05, 3.63) is 63.6 Å². The van der Waals surface area contributed by atoms with Gasteiger partial charge in [-0.05, 0) is 49.7 Å². The number of carbonyl (C=O) groups is 1. The number of ether oxygens (including phenoxy) is 1. The lowest BCUT2D eigenvalue weighted by molar-refractivity contribution is 0.0951. The Hall–Kier alpha value is -1.71. The van der Waals surface area contributed by atoms with Gasteiger partial charge in [-0.25, -0.2) is 0 Å². The lowest BCUT2D eigenvalue weighted by Gasteiger charge is -2.11. The minimum Gasteiger partial charge on any atom is -0.491 e. The molecule has 0 aromatic heterocycles. The van der Waals surface area contributed by atoms with E-state index in [1.54, 1.807) is 18.2 Å². The Morgan fingerprint density at radius 3 is 2.41 bits per heavy atom. The summed E-state index contributed by atoms with van der Waals surface area (Å²) in [7, 11) is 0. The Morgan fingerprint density at radius 1 is 1.14 bits per heavy atom. The van der Waals surface area contributed by atoms with E-state index in [9.17, 15) is 4.79 Å². The lowest BCUT2D eigenvalue weighted by atomic mass is 10.2. The molecule has 0 aliphatic rings. The smallest absolute Gasteiger partial charge is 0.253 e. The van der Waals surface area contributed by atoms with Crippen LogP contribution in [0.3, 0.4) is 0 Å². The van der Waals surface area contributed by atoms with Gasteiger partial charge in [0, 0.05) is 11.6 Å². The molecule has 2 aromatic carbocycles. The molecule has 0 bridgehead atoms. The van der Waals surface area contributed by atoms with Crippen LogP contribution >= 0.6 is 23.2 Å². The van der Waals surface area contributed by atoms with Gasteiger partial charge in [-0.15, -0.1) is 0 Å². The normalized spacial score (nSPS) is 10.6. The fourth-order valence-corrected chi connectivity index (χ4v) is 2.40. The summed E-state index contributed by atoms with van der Waals surface area (Å²) in [4.78, 5) is 12.1. The second-order valence-corrected chi connectivity index (χ2v) is 5.96. The third-order valence-electron chi connectivity index (χ3n) is 2.92. The summed E-state index contributed by atoms with van der Waals surface area (Å²) >= 11 is 11.8. The average Bonchev–Trinajstić information content (AvgIpc) is 2.45. The van der Waals surface area contributed by atoms with Crippen molar-refractivity contribution >= 4 is 29.1 Å². The first-order valence-corrected chi connectivity index (χ1v) is 7.70. The number of benzene rings is 2. The van der Waals surface area contributed by atoms with Crippen molar-refractivity contribution in [2.75, 3.05) is 0 Å². The van der Waals surface area contributed by atoms with Crippen LogP contribution in [-0.2, 0) is 6.54 Å². The summed E-state index contributed by atoms with van der Waals surface area (Å²) in [6, 6.07) is 12.4. The van der Waals surface area contributed by atoms with E-state index in [1.807, 2.05) is 38.1 Å². The van der Waals surface area contributed by atoms with Gasteiger partial charge in [-0.1, -0.05) is 35.3 Å². The first kappa shape index (κ1) is 16.7. The molecule has 2 aromatic rings. The van der Waals surface area contributed by atoms with Gasteiger partial charge in [0.05, 0.1) is 16.7 Å². The maximum Gasteiger partial charge on any atom is 0.253 e. The zero-order valence-electron chi connectivity index (χ0n) is 12.4. The van der Waals surface area contributed by atoms with Crippen LogP contribution in [0.25, 0.3) is 0 Å². The van der Waals surface area contributed by atoms with Gasteiger partial charge >= 0.3 is 0 Å². The van der Waals surface area contributed by atoms with Crippen LogP contribution in [0, 0.1) is 0 Å². The van der Waals surface area contributed by atoms with E-state index in [4.69, 9.17) is 27.9 Å². The molecule has 2 rings (SSSR count). The molecule has 116 valence electrons. The van der Waals surface area contributed by atoms with Crippen LogP contribution in [0.2, 0.25) is 10.0 Å². The first-order valence-electron chi connectivity index (χ1n) is 6.94. The highest BCUT2D eigenvalue weighted by Gasteiger charge is 2.10. The van der Waals surface area contributed by atoms with E-state index in [2.05, 4.69) is 5.32 Å². The Bertz CT molecular complexity index is 654. The van der Waals surface area contributed by atoms with Crippen molar-refractivity contribution < 1.29 is 9.53 Å². The molecule has 3 nitrogen and oxygen atoms in total. The molecule has 1 N–H and O–H groups in total. The zero-order valence-corrected chi connectivity index (χ0v) is 13.9. The van der Waals surface area contributed by atoms with Gasteiger partial charge in [-0.2, -0.15) is 0 Å². The quantitative estimate of drug-likeness (QED) is 0.857. The average molecular weight is 338 g/mol. The van der Waals surface area contributed by atoms with Gasteiger partial charge in [0.15, 0.2) is 0 Å². The van der Waals surface area contributed by atoms with Gasteiger partial charge in [0.25, 0.3) is 5.91 Å². The molecule has 0 heterocycles. The Balaban J connectivity index is 1.96. The fourth-order valence-electron chi connectivity index (χ4n) is 1.91. The molecule has 0 atom stereocenters. The van der Waals surface area contributed by atoms with E-state index < -0.39 is 0 Å². The first-order chi connectivity index (χ1) is 10.5. The molecule has 0 spiro atoms. The molecule has 0 saturated carbocycles. The van der Waals surface area contributed by atoms with Gasteiger partial charge < -0.3 is 10.1 Å². The Kier molecular flexibility index (Phi) is 5.69. The van der Waals surface area contributed by atoms with Crippen molar-refractivity contribution in [3.8, 4) is 5.75 Å². The summed E-state index contributed by atoms with van der Waals surface area (Å²) < 4.78 is 5.57. The number of halogens is 2. The monoisotopic (exact) mass is 337 g/mol. The molecular formula is C17H17Cl2NO2. The van der Waals surface area contributed by atoms with Crippen molar-refractivity contribution in [3.63, 3.8) is 0 Å². The third-order valence-corrected chi connectivity index (χ3v) is 3.47. The van der Waals surface area contributed by atoms with E-state index >= 15 is 0 Å². The summed E-state index contributed by atoms with van der Waals surface area (Å²) in [6.45, 7) is 4.37. The summed E-state index contributed by atoms with van der Waals surface area (Å²) in [5.41, 5.74) is 1.39. The van der Waals surface area contributed by atoms with Crippen LogP contribution in [0.4, 0.5) is 0 Å². The molecule has 5 heteroatoms. The van der Waals surface area contributed by atoms with E-state index in [0.717, 1.165) is 11.3 Å². The van der Waals surface area contributed by atoms with Crippen molar-refractivity contribution in [1.82, 2.24) is 5.32 Å². The molecule has 0 fully saturated rings. The number of carbonyl (C=O) groups excluding carboxylic acids is 1. The zero-order chi connectivity index (χ0) is 16.1. The number of nitrogens with one attached hydrogen (secondary N) is 1. The maximum absolute atomic E-state index is 12.1. The van der Waals surface area contributed by atoms with Gasteiger partial charge in [0.2, 0.25) is 0 Å². The van der Waals surface area contributed by atoms with E-state index in [0.29, 0.717) is 22.2 Å². The Morgan fingerprint density at radius 2 is 1.82 bits per heavy atom. The molecule has 0 saturated heterocycles. The number of hydrogen-bond donors (Lipinski definition) is 1. The molecule has 0 radical (unpaired) electrons. The van der Waals surface area contributed by atoms with Crippen molar-refractivity contribution in [1.29, 1.82) is 0 Å². The van der Waals surface area contributed by atoms with Crippen LogP contribution in [-0.4, -0.2) is 12.0 Å². The van der Waals surface area contributed by atoms with Gasteiger partial charge in [0.1, 0.15) is 5.75 Å². The maximum atomic E-state index is 12.1.